The fourth-order valence-corrected chi connectivity index (χ4v) is 1.83. The summed E-state index contributed by atoms with van der Waals surface area (Å²) in [5.41, 5.74) is 5.35. The normalized spacial score (nSPS) is 16.1. The molecule has 0 aromatic heterocycles. The average molecular weight is 199 g/mol. The minimum atomic E-state index is 0.937. The van der Waals surface area contributed by atoms with Crippen LogP contribution >= 0.6 is 0 Å². The van der Waals surface area contributed by atoms with E-state index in [1.165, 1.54) is 22.4 Å². The lowest BCUT2D eigenvalue weighted by molar-refractivity contribution is 1.01. The van der Waals surface area contributed by atoms with Crippen molar-refractivity contribution < 1.29 is 0 Å². The van der Waals surface area contributed by atoms with Crippen LogP contribution in [0.4, 0.5) is 0 Å². The van der Waals surface area contributed by atoms with Crippen LogP contribution in [0.25, 0.3) is 5.70 Å². The van der Waals surface area contributed by atoms with Gasteiger partial charge in [-0.1, -0.05) is 42.0 Å². The Morgan fingerprint density at radius 3 is 2.67 bits per heavy atom. The van der Waals surface area contributed by atoms with Gasteiger partial charge in [-0.15, -0.1) is 0 Å². The van der Waals surface area contributed by atoms with E-state index in [9.17, 15) is 0 Å². The number of rotatable bonds is 1. The molecule has 1 heterocycles. The van der Waals surface area contributed by atoms with E-state index in [1.54, 1.807) is 0 Å². The molecule has 0 fully saturated rings. The lowest BCUT2D eigenvalue weighted by Gasteiger charge is -2.10. The van der Waals surface area contributed by atoms with Crippen LogP contribution in [0.3, 0.4) is 0 Å². The first-order valence-electron chi connectivity index (χ1n) is 5.43. The van der Waals surface area contributed by atoms with Crippen molar-refractivity contribution in [1.29, 1.82) is 0 Å². The van der Waals surface area contributed by atoms with Crippen LogP contribution in [0.2, 0.25) is 0 Å². The van der Waals surface area contributed by atoms with Crippen molar-refractivity contribution in [3.05, 3.63) is 53.1 Å². The van der Waals surface area contributed by atoms with Gasteiger partial charge in [-0.25, -0.2) is 0 Å². The zero-order valence-corrected chi connectivity index (χ0v) is 9.38. The Hall–Kier alpha value is -1.50. The van der Waals surface area contributed by atoms with Crippen molar-refractivity contribution in [2.45, 2.75) is 20.3 Å². The van der Waals surface area contributed by atoms with E-state index >= 15 is 0 Å². The lowest BCUT2D eigenvalue weighted by Crippen LogP contribution is -2.11. The second-order valence-electron chi connectivity index (χ2n) is 4.07. The molecule has 0 atom stereocenters. The van der Waals surface area contributed by atoms with Crippen LogP contribution in [0.15, 0.2) is 42.0 Å². The highest BCUT2D eigenvalue weighted by Gasteiger charge is 2.05. The minimum absolute atomic E-state index is 0.937. The second-order valence-corrected chi connectivity index (χ2v) is 4.07. The Morgan fingerprint density at radius 2 is 1.87 bits per heavy atom. The first-order valence-corrected chi connectivity index (χ1v) is 5.43. The highest BCUT2D eigenvalue weighted by Crippen LogP contribution is 2.19. The molecule has 0 bridgehead atoms. The third-order valence-corrected chi connectivity index (χ3v) is 2.81. The molecule has 0 radical (unpaired) electrons. The maximum Gasteiger partial charge on any atom is 0.0381 e. The van der Waals surface area contributed by atoms with E-state index in [-0.39, 0.29) is 0 Å². The van der Waals surface area contributed by atoms with Crippen LogP contribution in [-0.2, 0) is 0 Å². The van der Waals surface area contributed by atoms with Crippen LogP contribution in [-0.4, -0.2) is 6.54 Å². The topological polar surface area (TPSA) is 12.0 Å². The molecule has 1 N–H and O–H groups in total. The molecule has 1 aliphatic heterocycles. The molecule has 78 valence electrons. The second kappa shape index (κ2) is 4.35. The molecule has 1 aliphatic rings. The zero-order chi connectivity index (χ0) is 10.7. The van der Waals surface area contributed by atoms with Crippen molar-refractivity contribution in [1.82, 2.24) is 5.32 Å². The van der Waals surface area contributed by atoms with Crippen molar-refractivity contribution in [3.8, 4) is 0 Å². The monoisotopic (exact) mass is 199 g/mol. The van der Waals surface area contributed by atoms with Gasteiger partial charge < -0.3 is 5.32 Å². The SMILES string of the molecule is CC1=CCNC(c2ccccc2C)=CC1. The highest BCUT2D eigenvalue weighted by molar-refractivity contribution is 5.67. The number of nitrogens with one attached hydrogen (secondary N) is 1. The molecule has 2 rings (SSSR count). The number of benzene rings is 1. The molecule has 0 aliphatic carbocycles. The van der Waals surface area contributed by atoms with Crippen molar-refractivity contribution >= 4 is 5.70 Å². The maximum atomic E-state index is 3.45. The molecule has 0 saturated carbocycles. The smallest absolute Gasteiger partial charge is 0.0381 e. The summed E-state index contributed by atoms with van der Waals surface area (Å²) >= 11 is 0. The van der Waals surface area contributed by atoms with Gasteiger partial charge in [0.2, 0.25) is 0 Å². The Balaban J connectivity index is 2.29. The summed E-state index contributed by atoms with van der Waals surface area (Å²) in [5.74, 6) is 0. The fraction of sp³-hybridized carbons (Fsp3) is 0.286. The molecule has 0 spiro atoms. The standard InChI is InChI=1S/C14H17N/c1-11-7-8-14(15-10-9-11)13-6-4-3-5-12(13)2/h3-6,8-9,15H,7,10H2,1-2H3. The first kappa shape index (κ1) is 10.0. The van der Waals surface area contributed by atoms with Gasteiger partial charge in [-0.05, 0) is 25.8 Å². The Labute approximate surface area is 91.5 Å². The third kappa shape index (κ3) is 2.30. The highest BCUT2D eigenvalue weighted by atomic mass is 14.9. The lowest BCUT2D eigenvalue weighted by atomic mass is 10.0. The van der Waals surface area contributed by atoms with Crippen LogP contribution in [0.1, 0.15) is 24.5 Å². The molecule has 1 aromatic rings. The molecular weight excluding hydrogens is 182 g/mol. The largest absolute Gasteiger partial charge is 0.381 e. The zero-order valence-electron chi connectivity index (χ0n) is 9.38. The Bertz CT molecular complexity index is 413. The summed E-state index contributed by atoms with van der Waals surface area (Å²) < 4.78 is 0. The minimum Gasteiger partial charge on any atom is -0.381 e. The summed E-state index contributed by atoms with van der Waals surface area (Å²) in [6.45, 7) is 5.27. The van der Waals surface area contributed by atoms with E-state index in [1.807, 2.05) is 0 Å². The van der Waals surface area contributed by atoms with Gasteiger partial charge in [0.05, 0.1) is 0 Å². The number of allylic oxidation sites excluding steroid dienone is 2. The van der Waals surface area contributed by atoms with E-state index < -0.39 is 0 Å². The molecule has 15 heavy (non-hydrogen) atoms. The van der Waals surface area contributed by atoms with Crippen LogP contribution in [0, 0.1) is 6.92 Å². The Kier molecular flexibility index (Phi) is 2.91. The van der Waals surface area contributed by atoms with Gasteiger partial charge in [0.15, 0.2) is 0 Å². The third-order valence-electron chi connectivity index (χ3n) is 2.81. The number of hydrogen-bond acceptors (Lipinski definition) is 1. The summed E-state index contributed by atoms with van der Waals surface area (Å²) in [6.07, 6.45) is 5.58. The summed E-state index contributed by atoms with van der Waals surface area (Å²) in [6, 6.07) is 8.51. The van der Waals surface area contributed by atoms with Crippen LogP contribution in [0.5, 0.6) is 0 Å². The van der Waals surface area contributed by atoms with Crippen molar-refractivity contribution in [3.63, 3.8) is 0 Å². The van der Waals surface area contributed by atoms with E-state index in [4.69, 9.17) is 0 Å². The van der Waals surface area contributed by atoms with Gasteiger partial charge in [0, 0.05) is 17.8 Å². The predicted molar refractivity (Wildman–Crippen MR) is 65.5 cm³/mol. The van der Waals surface area contributed by atoms with Gasteiger partial charge >= 0.3 is 0 Å². The van der Waals surface area contributed by atoms with E-state index in [0.717, 1.165) is 13.0 Å². The van der Waals surface area contributed by atoms with Crippen LogP contribution < -0.4 is 5.32 Å². The molecule has 0 amide bonds. The molecule has 0 saturated heterocycles. The van der Waals surface area contributed by atoms with Gasteiger partial charge in [-0.2, -0.15) is 0 Å². The van der Waals surface area contributed by atoms with Crippen molar-refractivity contribution in [2.75, 3.05) is 6.54 Å². The fourth-order valence-electron chi connectivity index (χ4n) is 1.83. The molecule has 1 aromatic carbocycles. The summed E-state index contributed by atoms with van der Waals surface area (Å²) in [4.78, 5) is 0. The number of aryl methyl sites for hydroxylation is 1. The molecular formula is C14H17N. The summed E-state index contributed by atoms with van der Waals surface area (Å²) in [7, 11) is 0. The average Bonchev–Trinajstić information content (AvgIpc) is 2.44. The number of hydrogen-bond donors (Lipinski definition) is 1. The van der Waals surface area contributed by atoms with Gasteiger partial charge in [0.25, 0.3) is 0 Å². The van der Waals surface area contributed by atoms with E-state index in [2.05, 4.69) is 55.6 Å². The Morgan fingerprint density at radius 1 is 1.07 bits per heavy atom. The first-order chi connectivity index (χ1) is 7.27. The summed E-state index contributed by atoms with van der Waals surface area (Å²) in [5, 5.41) is 3.45. The maximum absolute atomic E-state index is 3.45. The van der Waals surface area contributed by atoms with Crippen molar-refractivity contribution in [2.24, 2.45) is 0 Å². The quantitative estimate of drug-likeness (QED) is 0.684. The molecule has 1 heteroatoms. The van der Waals surface area contributed by atoms with E-state index in [0.29, 0.717) is 0 Å². The molecule has 0 unspecified atom stereocenters. The van der Waals surface area contributed by atoms with Gasteiger partial charge in [0.1, 0.15) is 0 Å². The van der Waals surface area contributed by atoms with Gasteiger partial charge in [-0.3, -0.25) is 0 Å². The molecule has 1 nitrogen and oxygen atoms in total. The predicted octanol–water partition coefficient (Wildman–Crippen LogP) is 3.28.